The van der Waals surface area contributed by atoms with E-state index in [2.05, 4.69) is 16.7 Å². The number of aliphatic imine (C=N–C) groups is 1. The molecule has 33 heavy (non-hydrogen) atoms. The molecular formula is C26H29N4O3+. The molecule has 2 heterocycles. The molecule has 0 atom stereocenters. The summed E-state index contributed by atoms with van der Waals surface area (Å²) in [6.45, 7) is 5.63. The molecule has 7 nitrogen and oxygen atoms in total. The van der Waals surface area contributed by atoms with Crippen LogP contribution < -0.4 is 14.4 Å². The fraction of sp³-hybridized carbons (Fsp3) is 0.308. The number of aromatic nitrogens is 2. The van der Waals surface area contributed by atoms with Gasteiger partial charge in [-0.2, -0.15) is 0 Å². The van der Waals surface area contributed by atoms with Gasteiger partial charge in [-0.25, -0.2) is 9.98 Å². The summed E-state index contributed by atoms with van der Waals surface area (Å²) < 4.78 is 18.9. The minimum absolute atomic E-state index is 0.711. The van der Waals surface area contributed by atoms with Crippen molar-refractivity contribution in [3.8, 4) is 11.5 Å². The topological polar surface area (TPSA) is 62.3 Å². The van der Waals surface area contributed by atoms with Crippen molar-refractivity contribution in [1.82, 2.24) is 9.55 Å². The van der Waals surface area contributed by atoms with Gasteiger partial charge in [-0.05, 0) is 30.3 Å². The van der Waals surface area contributed by atoms with Crippen molar-refractivity contribution >= 4 is 34.0 Å². The highest BCUT2D eigenvalue weighted by atomic mass is 16.5. The molecule has 0 bridgehead atoms. The zero-order valence-electron chi connectivity index (χ0n) is 19.1. The molecule has 7 heteroatoms. The third-order valence-corrected chi connectivity index (χ3v) is 6.28. The first-order valence-corrected chi connectivity index (χ1v) is 11.3. The molecular weight excluding hydrogens is 416 g/mol. The minimum Gasteiger partial charge on any atom is -0.496 e. The van der Waals surface area contributed by atoms with E-state index in [4.69, 9.17) is 24.2 Å². The maximum Gasteiger partial charge on any atom is 0.230 e. The lowest BCUT2D eigenvalue weighted by atomic mass is 10.0. The van der Waals surface area contributed by atoms with E-state index in [-0.39, 0.29) is 0 Å². The molecule has 3 aromatic carbocycles. The van der Waals surface area contributed by atoms with E-state index in [1.54, 1.807) is 19.1 Å². The number of nitrogens with zero attached hydrogens (tertiary/aromatic N) is 3. The smallest absolute Gasteiger partial charge is 0.230 e. The van der Waals surface area contributed by atoms with Gasteiger partial charge in [0.1, 0.15) is 24.6 Å². The molecule has 0 unspecified atom stereocenters. The standard InChI is InChI=1S/C26H28N4O3/c1-31-23-11-10-19(25-20(23)6-5-9-24(25)32-2)18-27-26-28-21-7-3-4-8-22(21)30(26)13-12-29-14-16-33-17-15-29/h3-11,18H,12-17H2,1-2H3/p+1. The van der Waals surface area contributed by atoms with E-state index < -0.39 is 0 Å². The average Bonchev–Trinajstić information content (AvgIpc) is 3.23. The summed E-state index contributed by atoms with van der Waals surface area (Å²) in [5.74, 6) is 2.31. The first-order chi connectivity index (χ1) is 16.3. The Morgan fingerprint density at radius 3 is 2.64 bits per heavy atom. The van der Waals surface area contributed by atoms with Crippen LogP contribution in [0.2, 0.25) is 0 Å². The van der Waals surface area contributed by atoms with Gasteiger partial charge in [0.25, 0.3) is 0 Å². The summed E-state index contributed by atoms with van der Waals surface area (Å²) >= 11 is 0. The Hall–Kier alpha value is -3.42. The molecule has 1 saturated heterocycles. The summed E-state index contributed by atoms with van der Waals surface area (Å²) in [5.41, 5.74) is 3.02. The van der Waals surface area contributed by atoms with Crippen LogP contribution in [0.4, 0.5) is 5.95 Å². The number of imidazole rings is 1. The monoisotopic (exact) mass is 445 g/mol. The summed E-state index contributed by atoms with van der Waals surface area (Å²) in [6, 6.07) is 18.2. The van der Waals surface area contributed by atoms with Crippen LogP contribution in [0.1, 0.15) is 5.56 Å². The number of nitrogens with one attached hydrogen (secondary N) is 1. The molecule has 1 fully saturated rings. The number of fused-ring (bicyclic) bond motifs is 2. The van der Waals surface area contributed by atoms with Crippen molar-refractivity contribution in [2.75, 3.05) is 47.1 Å². The van der Waals surface area contributed by atoms with E-state index in [1.807, 2.05) is 48.7 Å². The highest BCUT2D eigenvalue weighted by molar-refractivity contribution is 6.06. The van der Waals surface area contributed by atoms with Crippen LogP contribution in [0.5, 0.6) is 11.5 Å². The molecule has 5 rings (SSSR count). The Balaban J connectivity index is 1.53. The number of methoxy groups -OCH3 is 2. The SMILES string of the molecule is COc1ccc(C=Nc2nc3ccccc3n2CC[NH+]2CCOCC2)c2c(OC)cccc12. The van der Waals surface area contributed by atoms with E-state index in [0.717, 1.165) is 78.3 Å². The molecule has 1 aliphatic heterocycles. The summed E-state index contributed by atoms with van der Waals surface area (Å²) in [5, 5.41) is 1.97. The number of para-hydroxylation sites is 2. The van der Waals surface area contributed by atoms with Crippen molar-refractivity contribution in [1.29, 1.82) is 0 Å². The number of benzene rings is 3. The number of ether oxygens (including phenoxy) is 3. The maximum absolute atomic E-state index is 5.65. The highest BCUT2D eigenvalue weighted by Gasteiger charge is 2.16. The van der Waals surface area contributed by atoms with E-state index in [0.29, 0.717) is 5.95 Å². The quantitative estimate of drug-likeness (QED) is 0.445. The summed E-state index contributed by atoms with van der Waals surface area (Å²) in [7, 11) is 3.36. The second-order valence-electron chi connectivity index (χ2n) is 8.16. The zero-order chi connectivity index (χ0) is 22.6. The molecule has 0 aliphatic carbocycles. The third-order valence-electron chi connectivity index (χ3n) is 6.28. The second kappa shape index (κ2) is 9.60. The fourth-order valence-corrected chi connectivity index (χ4v) is 4.52. The van der Waals surface area contributed by atoms with Gasteiger partial charge in [-0.3, -0.25) is 0 Å². The zero-order valence-corrected chi connectivity index (χ0v) is 19.1. The first kappa shape index (κ1) is 21.4. The van der Waals surface area contributed by atoms with Crippen molar-refractivity contribution in [3.63, 3.8) is 0 Å². The van der Waals surface area contributed by atoms with Crippen LogP contribution in [-0.4, -0.2) is 62.8 Å². The third kappa shape index (κ3) is 4.29. The van der Waals surface area contributed by atoms with Crippen LogP contribution in [-0.2, 0) is 11.3 Å². The van der Waals surface area contributed by atoms with Gasteiger partial charge in [-0.1, -0.05) is 24.3 Å². The van der Waals surface area contributed by atoms with Crippen molar-refractivity contribution in [2.45, 2.75) is 6.54 Å². The van der Waals surface area contributed by atoms with Gasteiger partial charge in [0.2, 0.25) is 5.95 Å². The van der Waals surface area contributed by atoms with Gasteiger partial charge < -0.3 is 23.7 Å². The normalized spacial score (nSPS) is 15.0. The highest BCUT2D eigenvalue weighted by Crippen LogP contribution is 2.34. The van der Waals surface area contributed by atoms with E-state index in [1.165, 1.54) is 0 Å². The van der Waals surface area contributed by atoms with Gasteiger partial charge in [-0.15, -0.1) is 0 Å². The number of hydrogen-bond donors (Lipinski definition) is 1. The lowest BCUT2D eigenvalue weighted by Crippen LogP contribution is -3.14. The minimum atomic E-state index is 0.711. The predicted octanol–water partition coefficient (Wildman–Crippen LogP) is 2.87. The van der Waals surface area contributed by atoms with Crippen LogP contribution in [0, 0.1) is 0 Å². The van der Waals surface area contributed by atoms with Crippen molar-refractivity contribution in [3.05, 3.63) is 60.2 Å². The van der Waals surface area contributed by atoms with Crippen molar-refractivity contribution < 1.29 is 19.1 Å². The molecule has 0 amide bonds. The molecule has 1 N–H and O–H groups in total. The molecule has 0 spiro atoms. The fourth-order valence-electron chi connectivity index (χ4n) is 4.52. The Morgan fingerprint density at radius 1 is 1.00 bits per heavy atom. The molecule has 0 saturated carbocycles. The Labute approximate surface area is 193 Å². The Bertz CT molecular complexity index is 1290. The number of hydrogen-bond acceptors (Lipinski definition) is 5. The molecule has 4 aromatic rings. The van der Waals surface area contributed by atoms with Crippen LogP contribution in [0.15, 0.2) is 59.6 Å². The van der Waals surface area contributed by atoms with Crippen molar-refractivity contribution in [2.24, 2.45) is 4.99 Å². The Morgan fingerprint density at radius 2 is 1.82 bits per heavy atom. The van der Waals surface area contributed by atoms with Crippen LogP contribution in [0.25, 0.3) is 21.8 Å². The van der Waals surface area contributed by atoms with E-state index in [9.17, 15) is 0 Å². The summed E-state index contributed by atoms with van der Waals surface area (Å²) in [4.78, 5) is 11.2. The molecule has 0 radical (unpaired) electrons. The largest absolute Gasteiger partial charge is 0.496 e. The number of quaternary nitrogens is 1. The number of rotatable bonds is 7. The van der Waals surface area contributed by atoms with E-state index >= 15 is 0 Å². The van der Waals surface area contributed by atoms with Gasteiger partial charge >= 0.3 is 0 Å². The number of morpholine rings is 1. The average molecular weight is 446 g/mol. The molecule has 170 valence electrons. The second-order valence-corrected chi connectivity index (χ2v) is 8.16. The van der Waals surface area contributed by atoms with Crippen LogP contribution in [0.3, 0.4) is 0 Å². The molecule has 1 aliphatic rings. The van der Waals surface area contributed by atoms with Crippen LogP contribution >= 0.6 is 0 Å². The maximum atomic E-state index is 5.65. The van der Waals surface area contributed by atoms with Gasteiger partial charge in [0.15, 0.2) is 0 Å². The predicted molar refractivity (Wildman–Crippen MR) is 130 cm³/mol. The first-order valence-electron chi connectivity index (χ1n) is 11.3. The van der Waals surface area contributed by atoms with Gasteiger partial charge in [0, 0.05) is 22.6 Å². The lowest BCUT2D eigenvalue weighted by molar-refractivity contribution is -0.908. The lowest BCUT2D eigenvalue weighted by Gasteiger charge is -2.24. The Kier molecular flexibility index (Phi) is 6.24. The van der Waals surface area contributed by atoms with Gasteiger partial charge in [0.05, 0.1) is 51.6 Å². The molecule has 1 aromatic heterocycles. The summed E-state index contributed by atoms with van der Waals surface area (Å²) in [6.07, 6.45) is 1.88.